The zero-order valence-electron chi connectivity index (χ0n) is 6.56. The van der Waals surface area contributed by atoms with Crippen LogP contribution in [0.25, 0.3) is 0 Å². The summed E-state index contributed by atoms with van der Waals surface area (Å²) >= 11 is 6.15. The number of hydrogen-bond donors (Lipinski definition) is 1. The minimum atomic E-state index is -1.95. The molecular weight excluding hydrogens is 154 g/mol. The molecule has 1 nitrogen and oxygen atoms in total. The third kappa shape index (κ3) is 8.68. The van der Waals surface area contributed by atoms with E-state index in [1.807, 2.05) is 20.0 Å². The first-order chi connectivity index (χ1) is 3.67. The second-order valence-electron chi connectivity index (χ2n) is 3.95. The zero-order chi connectivity index (χ0) is 7.73. The first-order valence-corrected chi connectivity index (χ1v) is 7.74. The van der Waals surface area contributed by atoms with Gasteiger partial charge in [0.2, 0.25) is 0 Å². The molecule has 0 saturated heterocycles. The average molecular weight is 171 g/mol. The van der Waals surface area contributed by atoms with E-state index >= 15 is 0 Å². The van der Waals surface area contributed by atoms with Crippen LogP contribution in [0.1, 0.15) is 6.92 Å². The SMILES string of the molecule is CC(O)CP(C)(C)(C)Cl. The van der Waals surface area contributed by atoms with E-state index in [0.717, 1.165) is 6.16 Å². The third-order valence-electron chi connectivity index (χ3n) is 0.881. The number of aliphatic hydroxyl groups excluding tert-OH is 1. The van der Waals surface area contributed by atoms with E-state index in [2.05, 4.69) is 0 Å². The van der Waals surface area contributed by atoms with Crippen LogP contribution >= 0.6 is 17.2 Å². The molecule has 0 rings (SSSR count). The van der Waals surface area contributed by atoms with Crippen LogP contribution in [-0.4, -0.2) is 37.4 Å². The van der Waals surface area contributed by atoms with Crippen LogP contribution in [0, 0.1) is 0 Å². The molecule has 0 radical (unpaired) electrons. The molecule has 9 heavy (non-hydrogen) atoms. The monoisotopic (exact) mass is 170 g/mol. The van der Waals surface area contributed by atoms with Gasteiger partial charge in [-0.25, -0.2) is 0 Å². The predicted octanol–water partition coefficient (Wildman–Crippen LogP) is 1.96. The van der Waals surface area contributed by atoms with Gasteiger partial charge in [-0.2, -0.15) is 0 Å². The fourth-order valence-corrected chi connectivity index (χ4v) is 3.28. The molecule has 0 amide bonds. The maximum absolute atomic E-state index is 9.00. The number of hydrogen-bond acceptors (Lipinski definition) is 1. The molecule has 1 atom stereocenters. The van der Waals surface area contributed by atoms with Crippen LogP contribution in [0.4, 0.5) is 0 Å². The second-order valence-corrected chi connectivity index (χ2v) is 13.9. The predicted molar refractivity (Wildman–Crippen MR) is 47.1 cm³/mol. The molecule has 0 heterocycles. The van der Waals surface area contributed by atoms with Gasteiger partial charge < -0.3 is 0 Å². The van der Waals surface area contributed by atoms with E-state index in [4.69, 9.17) is 16.3 Å². The second kappa shape index (κ2) is 2.38. The van der Waals surface area contributed by atoms with Crippen molar-refractivity contribution in [3.05, 3.63) is 0 Å². The van der Waals surface area contributed by atoms with Crippen LogP contribution in [0.2, 0.25) is 0 Å². The Morgan fingerprint density at radius 2 is 1.78 bits per heavy atom. The minimum absolute atomic E-state index is 0.264. The Bertz CT molecular complexity index is 94.1. The van der Waals surface area contributed by atoms with E-state index in [-0.39, 0.29) is 6.10 Å². The zero-order valence-corrected chi connectivity index (χ0v) is 8.21. The molecule has 0 aliphatic carbocycles. The van der Waals surface area contributed by atoms with Gasteiger partial charge in [0.05, 0.1) is 0 Å². The van der Waals surface area contributed by atoms with Crippen molar-refractivity contribution in [3.63, 3.8) is 0 Å². The molecule has 58 valence electrons. The van der Waals surface area contributed by atoms with E-state index < -0.39 is 5.96 Å². The van der Waals surface area contributed by atoms with Crippen molar-refractivity contribution in [2.45, 2.75) is 13.0 Å². The molecular formula is C6H16ClOP. The Hall–Kier alpha value is 0.680. The molecule has 3 heteroatoms. The van der Waals surface area contributed by atoms with E-state index in [1.54, 1.807) is 6.92 Å². The molecule has 0 saturated carbocycles. The first-order valence-electron chi connectivity index (χ1n) is 3.07. The van der Waals surface area contributed by atoms with Gasteiger partial charge in [0.25, 0.3) is 0 Å². The summed E-state index contributed by atoms with van der Waals surface area (Å²) in [6.07, 6.45) is 0.479. The molecule has 0 aromatic rings. The molecule has 1 N–H and O–H groups in total. The summed E-state index contributed by atoms with van der Waals surface area (Å²) in [7, 11) is 0. The molecule has 0 fully saturated rings. The van der Waals surface area contributed by atoms with Gasteiger partial charge in [-0.05, 0) is 0 Å². The van der Waals surface area contributed by atoms with Crippen molar-refractivity contribution in [3.8, 4) is 0 Å². The van der Waals surface area contributed by atoms with Gasteiger partial charge in [-0.1, -0.05) is 0 Å². The van der Waals surface area contributed by atoms with E-state index in [9.17, 15) is 0 Å². The van der Waals surface area contributed by atoms with Crippen molar-refractivity contribution in [2.24, 2.45) is 0 Å². The first kappa shape index (κ1) is 9.68. The molecule has 0 aromatic heterocycles. The van der Waals surface area contributed by atoms with Gasteiger partial charge in [0.1, 0.15) is 0 Å². The maximum atomic E-state index is 9.00. The summed E-state index contributed by atoms with van der Waals surface area (Å²) in [6.45, 7) is 7.90. The Morgan fingerprint density at radius 1 is 1.44 bits per heavy atom. The number of halogens is 1. The standard InChI is InChI=1S/C6H16ClOP/c1-6(8)5-9(2,3,4)7/h6,8H,5H2,1-4H3. The van der Waals surface area contributed by atoms with Crippen molar-refractivity contribution in [1.82, 2.24) is 0 Å². The van der Waals surface area contributed by atoms with Gasteiger partial charge in [0, 0.05) is 0 Å². The molecule has 1 unspecified atom stereocenters. The van der Waals surface area contributed by atoms with Crippen molar-refractivity contribution >= 4 is 17.2 Å². The topological polar surface area (TPSA) is 20.2 Å². The summed E-state index contributed by atoms with van der Waals surface area (Å²) in [4.78, 5) is 0. The third-order valence-corrected chi connectivity index (χ3v) is 3.06. The Morgan fingerprint density at radius 3 is 1.78 bits per heavy atom. The van der Waals surface area contributed by atoms with E-state index in [0.29, 0.717) is 0 Å². The fraction of sp³-hybridized carbons (Fsp3) is 1.00. The van der Waals surface area contributed by atoms with Gasteiger partial charge in [0.15, 0.2) is 0 Å². The van der Waals surface area contributed by atoms with Crippen LogP contribution < -0.4 is 0 Å². The summed E-state index contributed by atoms with van der Waals surface area (Å²) in [5.41, 5.74) is 0. The van der Waals surface area contributed by atoms with Gasteiger partial charge >= 0.3 is 61.5 Å². The van der Waals surface area contributed by atoms with Gasteiger partial charge in [-0.15, -0.1) is 0 Å². The summed E-state index contributed by atoms with van der Waals surface area (Å²) < 4.78 is 0. The number of rotatable bonds is 2. The molecule has 0 spiro atoms. The molecule has 0 aromatic carbocycles. The van der Waals surface area contributed by atoms with Gasteiger partial charge in [-0.3, -0.25) is 0 Å². The number of aliphatic hydroxyl groups is 1. The molecule has 0 aliphatic heterocycles. The quantitative estimate of drug-likeness (QED) is 0.629. The Balaban J connectivity index is 3.89. The van der Waals surface area contributed by atoms with E-state index in [1.165, 1.54) is 0 Å². The van der Waals surface area contributed by atoms with Crippen LogP contribution in [0.15, 0.2) is 0 Å². The van der Waals surface area contributed by atoms with Crippen molar-refractivity contribution < 1.29 is 5.11 Å². The molecule has 0 bridgehead atoms. The normalized spacial score (nSPS) is 20.4. The fourth-order valence-electron chi connectivity index (χ4n) is 0.893. The Kier molecular flexibility index (Phi) is 2.56. The summed E-state index contributed by atoms with van der Waals surface area (Å²) in [5, 5.41) is 9.00. The van der Waals surface area contributed by atoms with Crippen LogP contribution in [0.5, 0.6) is 0 Å². The average Bonchev–Trinajstić information content (AvgIpc) is 1.16. The summed E-state index contributed by atoms with van der Waals surface area (Å²) in [5.74, 6) is -1.95. The van der Waals surface area contributed by atoms with Crippen LogP contribution in [0.3, 0.4) is 0 Å². The molecule has 0 aliphatic rings. The van der Waals surface area contributed by atoms with Crippen molar-refractivity contribution in [2.75, 3.05) is 26.2 Å². The van der Waals surface area contributed by atoms with Crippen LogP contribution in [-0.2, 0) is 0 Å². The Labute approximate surface area is 62.1 Å². The summed E-state index contributed by atoms with van der Waals surface area (Å²) in [6, 6.07) is 0. The van der Waals surface area contributed by atoms with Crippen molar-refractivity contribution in [1.29, 1.82) is 0 Å².